The molecule has 1 aliphatic rings. The number of nitrogens with zero attached hydrogens (tertiary/aromatic N) is 6. The number of hydrogen-bond donors (Lipinski definition) is 1. The maximum Gasteiger partial charge on any atom is 0.229 e. The van der Waals surface area contributed by atoms with Crippen LogP contribution in [0.4, 0.5) is 20.5 Å². The van der Waals surface area contributed by atoms with Crippen LogP contribution >= 0.6 is 0 Å². The second kappa shape index (κ2) is 8.15. The summed E-state index contributed by atoms with van der Waals surface area (Å²) in [7, 11) is 2.08. The van der Waals surface area contributed by atoms with Crippen LogP contribution < -0.4 is 5.32 Å². The number of hydrogen-bond acceptors (Lipinski definition) is 6. The minimum Gasteiger partial charge on any atom is -0.326 e. The maximum atomic E-state index is 14.9. The number of pyridine rings is 1. The predicted octanol–water partition coefficient (Wildman–Crippen LogP) is 4.79. The highest BCUT2D eigenvalue weighted by Gasteiger charge is 2.19. The molecule has 0 spiro atoms. The summed E-state index contributed by atoms with van der Waals surface area (Å²) in [5.41, 5.74) is 3.43. The maximum absolute atomic E-state index is 14.9. The number of anilines is 2. The first kappa shape index (κ1) is 21.4. The number of imidazole rings is 1. The first-order valence-electron chi connectivity index (χ1n) is 11.0. The molecule has 9 heteroatoms. The van der Waals surface area contributed by atoms with Crippen LogP contribution in [0.15, 0.2) is 30.5 Å². The van der Waals surface area contributed by atoms with Gasteiger partial charge in [0.2, 0.25) is 5.95 Å². The zero-order valence-electron chi connectivity index (χ0n) is 19.0. The fourth-order valence-corrected chi connectivity index (χ4v) is 4.43. The Morgan fingerprint density at radius 3 is 2.67 bits per heavy atom. The van der Waals surface area contributed by atoms with E-state index in [4.69, 9.17) is 0 Å². The van der Waals surface area contributed by atoms with Gasteiger partial charge in [-0.2, -0.15) is 0 Å². The molecule has 0 saturated heterocycles. The van der Waals surface area contributed by atoms with Crippen LogP contribution in [-0.4, -0.2) is 43.0 Å². The molecule has 4 aromatic rings. The fourth-order valence-electron chi connectivity index (χ4n) is 4.43. The number of likely N-dealkylation sites (N-methyl/N-ethyl adjacent to an activating group) is 1. The predicted molar refractivity (Wildman–Crippen MR) is 123 cm³/mol. The zero-order chi connectivity index (χ0) is 23.3. The van der Waals surface area contributed by atoms with Gasteiger partial charge in [-0.05, 0) is 51.6 Å². The molecule has 0 atom stereocenters. The molecule has 5 rings (SSSR count). The van der Waals surface area contributed by atoms with Crippen LogP contribution in [0.3, 0.4) is 0 Å². The Bertz CT molecular complexity index is 1360. The number of aryl methyl sites for hydroxylation is 1. The van der Waals surface area contributed by atoms with Crippen LogP contribution in [0.5, 0.6) is 0 Å². The topological polar surface area (TPSA) is 71.8 Å². The average Bonchev–Trinajstić information content (AvgIpc) is 3.12. The van der Waals surface area contributed by atoms with Crippen LogP contribution in [0.25, 0.3) is 22.3 Å². The van der Waals surface area contributed by atoms with Crippen molar-refractivity contribution in [3.05, 3.63) is 59.2 Å². The minimum absolute atomic E-state index is 0.0158. The normalized spacial score (nSPS) is 14.2. The lowest BCUT2D eigenvalue weighted by atomic mass is 10.1. The molecule has 0 fully saturated rings. The number of aromatic nitrogens is 5. The second-order valence-corrected chi connectivity index (χ2v) is 8.75. The molecule has 0 radical (unpaired) electrons. The lowest BCUT2D eigenvalue weighted by Crippen LogP contribution is -2.27. The average molecular weight is 450 g/mol. The molecule has 1 aliphatic heterocycles. The largest absolute Gasteiger partial charge is 0.326 e. The van der Waals surface area contributed by atoms with Crippen LogP contribution in [-0.2, 0) is 13.0 Å². The van der Waals surface area contributed by atoms with Gasteiger partial charge in [0.1, 0.15) is 22.9 Å². The smallest absolute Gasteiger partial charge is 0.229 e. The van der Waals surface area contributed by atoms with Crippen molar-refractivity contribution in [1.82, 2.24) is 29.4 Å². The molecule has 3 aromatic heterocycles. The molecule has 33 heavy (non-hydrogen) atoms. The van der Waals surface area contributed by atoms with Crippen LogP contribution in [0, 0.1) is 18.6 Å². The Hall–Kier alpha value is -3.46. The molecule has 0 amide bonds. The van der Waals surface area contributed by atoms with Gasteiger partial charge >= 0.3 is 0 Å². The lowest BCUT2D eigenvalue weighted by Gasteiger charge is -2.24. The standard InChI is InChI=1S/C24H25F2N7/c1-13(2)33-14(3)28-23-17(25)9-16(10-20(23)33)22-18(26)11-27-24(31-22)30-21-6-5-15-12-32(4)8-7-19(15)29-21/h5-6,9-11,13H,7-8,12H2,1-4H3,(H,27,29,30,31). The molecule has 7 nitrogen and oxygen atoms in total. The molecule has 1 aromatic carbocycles. The van der Waals surface area contributed by atoms with Gasteiger partial charge in [-0.3, -0.25) is 0 Å². The summed E-state index contributed by atoms with van der Waals surface area (Å²) in [6.07, 6.45) is 1.95. The van der Waals surface area contributed by atoms with Crippen molar-refractivity contribution >= 4 is 22.8 Å². The van der Waals surface area contributed by atoms with Crippen LogP contribution in [0.1, 0.15) is 37.0 Å². The van der Waals surface area contributed by atoms with E-state index in [1.165, 1.54) is 11.6 Å². The van der Waals surface area contributed by atoms with Crippen molar-refractivity contribution in [2.75, 3.05) is 18.9 Å². The minimum atomic E-state index is -0.631. The van der Waals surface area contributed by atoms with Crippen molar-refractivity contribution in [3.63, 3.8) is 0 Å². The van der Waals surface area contributed by atoms with E-state index in [1.54, 1.807) is 6.07 Å². The number of nitrogens with one attached hydrogen (secondary N) is 1. The summed E-state index contributed by atoms with van der Waals surface area (Å²) in [5, 5.41) is 3.06. The molecular weight excluding hydrogens is 424 g/mol. The summed E-state index contributed by atoms with van der Waals surface area (Å²) < 4.78 is 31.5. The summed E-state index contributed by atoms with van der Waals surface area (Å²) >= 11 is 0. The third-order valence-electron chi connectivity index (χ3n) is 5.94. The van der Waals surface area contributed by atoms with E-state index < -0.39 is 11.6 Å². The van der Waals surface area contributed by atoms with Crippen LogP contribution in [0.2, 0.25) is 0 Å². The summed E-state index contributed by atoms with van der Waals surface area (Å²) in [6.45, 7) is 7.63. The summed E-state index contributed by atoms with van der Waals surface area (Å²) in [6, 6.07) is 6.96. The van der Waals surface area contributed by atoms with Gasteiger partial charge in [-0.25, -0.2) is 28.7 Å². The first-order valence-corrected chi connectivity index (χ1v) is 11.0. The van der Waals surface area contributed by atoms with E-state index in [9.17, 15) is 8.78 Å². The molecule has 1 N–H and O–H groups in total. The van der Waals surface area contributed by atoms with E-state index in [0.717, 1.165) is 31.4 Å². The van der Waals surface area contributed by atoms with E-state index in [0.29, 0.717) is 22.7 Å². The van der Waals surface area contributed by atoms with Gasteiger partial charge in [0, 0.05) is 36.8 Å². The SMILES string of the molecule is Cc1nc2c(F)cc(-c3nc(Nc4ccc5c(n4)CCN(C)C5)ncc3F)cc2n1C(C)C. The second-order valence-electron chi connectivity index (χ2n) is 8.75. The monoisotopic (exact) mass is 449 g/mol. The first-order chi connectivity index (χ1) is 15.8. The van der Waals surface area contributed by atoms with Crippen molar-refractivity contribution in [2.24, 2.45) is 0 Å². The summed E-state index contributed by atoms with van der Waals surface area (Å²) in [5.74, 6) is 0.338. The molecule has 0 saturated carbocycles. The Balaban J connectivity index is 1.52. The Morgan fingerprint density at radius 1 is 1.06 bits per heavy atom. The lowest BCUT2D eigenvalue weighted by molar-refractivity contribution is 0.310. The van der Waals surface area contributed by atoms with E-state index in [2.05, 4.69) is 37.2 Å². The van der Waals surface area contributed by atoms with Crippen molar-refractivity contribution < 1.29 is 8.78 Å². The highest BCUT2D eigenvalue weighted by molar-refractivity contribution is 5.83. The number of benzene rings is 1. The third-order valence-corrected chi connectivity index (χ3v) is 5.94. The van der Waals surface area contributed by atoms with Gasteiger partial charge in [0.25, 0.3) is 0 Å². The Morgan fingerprint density at radius 2 is 1.88 bits per heavy atom. The molecule has 0 aliphatic carbocycles. The van der Waals surface area contributed by atoms with Crippen molar-refractivity contribution in [3.8, 4) is 11.3 Å². The summed E-state index contributed by atoms with van der Waals surface area (Å²) in [4.78, 5) is 19.7. The molecule has 4 heterocycles. The van der Waals surface area contributed by atoms with Crippen molar-refractivity contribution in [2.45, 2.75) is 39.8 Å². The molecular formula is C24H25F2N7. The number of halogens is 2. The third kappa shape index (κ3) is 3.93. The van der Waals surface area contributed by atoms with Gasteiger partial charge in [0.15, 0.2) is 11.6 Å². The van der Waals surface area contributed by atoms with Gasteiger partial charge in [-0.15, -0.1) is 0 Å². The number of fused-ring (bicyclic) bond motifs is 2. The van der Waals surface area contributed by atoms with Crippen molar-refractivity contribution in [1.29, 1.82) is 0 Å². The Kier molecular flexibility index (Phi) is 5.28. The molecule has 170 valence electrons. The van der Waals surface area contributed by atoms with E-state index >= 15 is 0 Å². The quantitative estimate of drug-likeness (QED) is 0.483. The number of rotatable bonds is 4. The van der Waals surface area contributed by atoms with Gasteiger partial charge in [-0.1, -0.05) is 6.07 Å². The van der Waals surface area contributed by atoms with Gasteiger partial charge < -0.3 is 14.8 Å². The zero-order valence-corrected chi connectivity index (χ0v) is 19.0. The fraction of sp³-hybridized carbons (Fsp3) is 0.333. The highest BCUT2D eigenvalue weighted by atomic mass is 19.1. The molecule has 0 bridgehead atoms. The molecule has 0 unspecified atom stereocenters. The van der Waals surface area contributed by atoms with E-state index in [-0.39, 0.29) is 23.2 Å². The Labute approximate surface area is 190 Å². The van der Waals surface area contributed by atoms with Gasteiger partial charge in [0.05, 0.1) is 11.7 Å². The highest BCUT2D eigenvalue weighted by Crippen LogP contribution is 2.30. The van der Waals surface area contributed by atoms with E-state index in [1.807, 2.05) is 37.5 Å².